The van der Waals surface area contributed by atoms with Crippen LogP contribution in [-0.2, 0) is 27.6 Å². The van der Waals surface area contributed by atoms with E-state index in [2.05, 4.69) is 25.8 Å². The van der Waals surface area contributed by atoms with E-state index in [1.165, 1.54) is 25.4 Å². The average Bonchev–Trinajstić information content (AvgIpc) is 3.23. The summed E-state index contributed by atoms with van der Waals surface area (Å²) in [4.78, 5) is 42.8. The number of aromatic nitrogens is 4. The first-order valence-electron chi connectivity index (χ1n) is 10.5. The number of amides is 2. The molecule has 0 saturated carbocycles. The van der Waals surface area contributed by atoms with Gasteiger partial charge in [-0.3, -0.25) is 14.5 Å². The molecule has 0 radical (unpaired) electrons. The first-order chi connectivity index (χ1) is 17.2. The van der Waals surface area contributed by atoms with Gasteiger partial charge < -0.3 is 20.1 Å². The van der Waals surface area contributed by atoms with Crippen LogP contribution in [0.5, 0.6) is 0 Å². The second-order valence-corrected chi connectivity index (χ2v) is 7.78. The topological polar surface area (TPSA) is 141 Å². The molecule has 190 valence electrons. The van der Waals surface area contributed by atoms with Gasteiger partial charge in [0.05, 0.1) is 12.2 Å². The number of nitrogens with zero attached hydrogens (tertiary/aromatic N) is 5. The minimum absolute atomic E-state index is 0.0346. The van der Waals surface area contributed by atoms with E-state index < -0.39 is 30.5 Å². The molecule has 36 heavy (non-hydrogen) atoms. The molecule has 14 heteroatoms. The van der Waals surface area contributed by atoms with Crippen molar-refractivity contribution in [1.82, 2.24) is 25.3 Å². The fourth-order valence-corrected chi connectivity index (χ4v) is 3.13. The maximum Gasteiger partial charge on any atom is 0.417 e. The monoisotopic (exact) mass is 519 g/mol. The molecule has 0 atom stereocenters. The first-order valence-corrected chi connectivity index (χ1v) is 10.9. The van der Waals surface area contributed by atoms with Gasteiger partial charge in [-0.15, -0.1) is 15.0 Å². The Kier molecular flexibility index (Phi) is 8.86. The maximum atomic E-state index is 14.0. The van der Waals surface area contributed by atoms with Gasteiger partial charge in [-0.1, -0.05) is 23.7 Å². The van der Waals surface area contributed by atoms with Crippen molar-refractivity contribution in [3.05, 3.63) is 64.3 Å². The van der Waals surface area contributed by atoms with Crippen LogP contribution in [0, 0.1) is 12.7 Å². The minimum Gasteiger partial charge on any atom is -0.460 e. The Balaban J connectivity index is 1.62. The van der Waals surface area contributed by atoms with E-state index in [0.717, 1.165) is 9.70 Å². The first kappa shape index (κ1) is 26.5. The normalized spacial score (nSPS) is 10.6. The van der Waals surface area contributed by atoms with Gasteiger partial charge in [0, 0.05) is 18.8 Å². The van der Waals surface area contributed by atoms with Crippen LogP contribution in [0.1, 0.15) is 21.6 Å². The molecular formula is C22H23ClFN7O5. The average molecular weight is 520 g/mol. The van der Waals surface area contributed by atoms with Gasteiger partial charge in [-0.2, -0.15) is 0 Å². The number of ether oxygens (including phenoxy) is 2. The zero-order valence-corrected chi connectivity index (χ0v) is 20.4. The van der Waals surface area contributed by atoms with Gasteiger partial charge in [-0.05, 0) is 37.7 Å². The third-order valence-electron chi connectivity index (χ3n) is 4.67. The number of anilines is 2. The summed E-state index contributed by atoms with van der Waals surface area (Å²) < 4.78 is 24.3. The number of esters is 1. The van der Waals surface area contributed by atoms with Crippen LogP contribution in [0.25, 0.3) is 0 Å². The molecule has 2 amide bonds. The van der Waals surface area contributed by atoms with Crippen molar-refractivity contribution in [2.45, 2.75) is 20.3 Å². The van der Waals surface area contributed by atoms with Gasteiger partial charge in [0.1, 0.15) is 18.2 Å². The third kappa shape index (κ3) is 6.73. The van der Waals surface area contributed by atoms with E-state index in [9.17, 15) is 18.8 Å². The van der Waals surface area contributed by atoms with E-state index >= 15 is 0 Å². The fraction of sp³-hybridized carbons (Fsp3) is 0.273. The zero-order chi connectivity index (χ0) is 26.2. The highest BCUT2D eigenvalue weighted by atomic mass is 35.5. The molecule has 0 aliphatic rings. The summed E-state index contributed by atoms with van der Waals surface area (Å²) in [5.41, 5.74) is 0.835. The summed E-state index contributed by atoms with van der Waals surface area (Å²) in [6.07, 6.45) is 0.645. The van der Waals surface area contributed by atoms with Gasteiger partial charge >= 0.3 is 12.1 Å². The number of hydrogen-bond acceptors (Lipinski definition) is 9. The van der Waals surface area contributed by atoms with E-state index in [1.54, 1.807) is 32.2 Å². The predicted molar refractivity (Wildman–Crippen MR) is 127 cm³/mol. The van der Waals surface area contributed by atoms with E-state index in [1.807, 2.05) is 0 Å². The summed E-state index contributed by atoms with van der Waals surface area (Å²) in [5, 5.41) is 12.5. The Morgan fingerprint density at radius 3 is 2.69 bits per heavy atom. The molecule has 2 heterocycles. The summed E-state index contributed by atoms with van der Waals surface area (Å²) in [5.74, 6) is -1.66. The van der Waals surface area contributed by atoms with Crippen LogP contribution in [0.15, 0.2) is 36.5 Å². The molecule has 2 N–H and O–H groups in total. The van der Waals surface area contributed by atoms with Crippen molar-refractivity contribution in [1.29, 1.82) is 0 Å². The molecular weight excluding hydrogens is 497 g/mol. The highest BCUT2D eigenvalue weighted by molar-refractivity contribution is 6.32. The smallest absolute Gasteiger partial charge is 0.417 e. The Bertz CT molecular complexity index is 1270. The summed E-state index contributed by atoms with van der Waals surface area (Å²) in [6, 6.07) is 7.59. The molecule has 3 rings (SSSR count). The van der Waals surface area contributed by atoms with Gasteiger partial charge in [0.2, 0.25) is 6.73 Å². The fourth-order valence-electron chi connectivity index (χ4n) is 2.92. The molecule has 0 unspecified atom stereocenters. The SMILES string of the molecule is CNCC(=O)OCc1cccnc1N(C)C(=O)OCn1nc(Cl)c(C(=O)Nc2ccc(C)cc2F)n1. The molecule has 3 aromatic rings. The number of pyridine rings is 1. The molecule has 0 aliphatic heterocycles. The largest absolute Gasteiger partial charge is 0.460 e. The number of halogens is 2. The molecule has 0 bridgehead atoms. The Labute approximate surface area is 210 Å². The molecule has 0 spiro atoms. The number of likely N-dealkylation sites (N-methyl/N-ethyl adjacent to an activating group) is 1. The second-order valence-electron chi connectivity index (χ2n) is 7.42. The minimum atomic E-state index is -0.822. The Hall–Kier alpha value is -4.10. The predicted octanol–water partition coefficient (Wildman–Crippen LogP) is 2.52. The van der Waals surface area contributed by atoms with Crippen LogP contribution in [0.4, 0.5) is 20.7 Å². The molecule has 12 nitrogen and oxygen atoms in total. The lowest BCUT2D eigenvalue weighted by atomic mass is 10.2. The zero-order valence-electron chi connectivity index (χ0n) is 19.6. The molecule has 0 saturated heterocycles. The highest BCUT2D eigenvalue weighted by Crippen LogP contribution is 2.19. The lowest BCUT2D eigenvalue weighted by molar-refractivity contribution is -0.143. The summed E-state index contributed by atoms with van der Waals surface area (Å²) >= 11 is 5.99. The molecule has 2 aromatic heterocycles. The molecule has 1 aromatic carbocycles. The summed E-state index contributed by atoms with van der Waals surface area (Å²) in [6.45, 7) is 1.17. The second kappa shape index (κ2) is 12.0. The van der Waals surface area contributed by atoms with Crippen molar-refractivity contribution in [2.75, 3.05) is 30.9 Å². The van der Waals surface area contributed by atoms with Crippen LogP contribution >= 0.6 is 11.6 Å². The number of carbonyl (C=O) groups excluding carboxylic acids is 3. The highest BCUT2D eigenvalue weighted by Gasteiger charge is 2.21. The maximum absolute atomic E-state index is 14.0. The van der Waals surface area contributed by atoms with Crippen molar-refractivity contribution >= 4 is 41.1 Å². The van der Waals surface area contributed by atoms with Crippen molar-refractivity contribution < 1.29 is 28.2 Å². The van der Waals surface area contributed by atoms with Crippen LogP contribution in [-0.4, -0.2) is 58.6 Å². The Morgan fingerprint density at radius 2 is 1.97 bits per heavy atom. The molecule has 0 aliphatic carbocycles. The number of benzene rings is 1. The summed E-state index contributed by atoms with van der Waals surface area (Å²) in [7, 11) is 3.03. The van der Waals surface area contributed by atoms with Crippen LogP contribution in [0.2, 0.25) is 5.15 Å². The van der Waals surface area contributed by atoms with Gasteiger partial charge in [0.25, 0.3) is 5.91 Å². The van der Waals surface area contributed by atoms with Crippen LogP contribution < -0.4 is 15.5 Å². The van der Waals surface area contributed by atoms with Crippen molar-refractivity contribution in [2.24, 2.45) is 0 Å². The lowest BCUT2D eigenvalue weighted by Gasteiger charge is -2.18. The third-order valence-corrected chi connectivity index (χ3v) is 4.93. The van der Waals surface area contributed by atoms with E-state index in [-0.39, 0.29) is 35.5 Å². The molecule has 0 fully saturated rings. The number of aryl methyl sites for hydroxylation is 1. The van der Waals surface area contributed by atoms with Crippen LogP contribution in [0.3, 0.4) is 0 Å². The Morgan fingerprint density at radius 1 is 1.19 bits per heavy atom. The van der Waals surface area contributed by atoms with Crippen molar-refractivity contribution in [3.8, 4) is 0 Å². The van der Waals surface area contributed by atoms with Crippen molar-refractivity contribution in [3.63, 3.8) is 0 Å². The quantitative estimate of drug-likeness (QED) is 0.408. The van der Waals surface area contributed by atoms with E-state index in [0.29, 0.717) is 11.1 Å². The van der Waals surface area contributed by atoms with E-state index in [4.69, 9.17) is 21.1 Å². The number of hydrogen-bond donors (Lipinski definition) is 2. The number of rotatable bonds is 9. The van der Waals surface area contributed by atoms with Gasteiger partial charge in [0.15, 0.2) is 10.8 Å². The van der Waals surface area contributed by atoms with Gasteiger partial charge in [-0.25, -0.2) is 14.2 Å². The lowest BCUT2D eigenvalue weighted by Crippen LogP contribution is -2.30. The standard InChI is InChI=1S/C22H23ClFN7O5/c1-13-6-7-16(15(24)9-13)27-21(33)18-19(23)29-31(28-18)12-36-22(34)30(3)20-14(5-4-8-26-20)11-35-17(32)10-25-2/h4-9,25H,10-12H2,1-3H3,(H,27,33). The number of carbonyl (C=O) groups is 3. The number of nitrogens with one attached hydrogen (secondary N) is 2.